The molecule has 1 fully saturated rings. The molecule has 0 aliphatic carbocycles. The van der Waals surface area contributed by atoms with Gasteiger partial charge in [-0.25, -0.2) is 4.98 Å². The van der Waals surface area contributed by atoms with Crippen molar-refractivity contribution in [3.63, 3.8) is 0 Å². The first-order valence-electron chi connectivity index (χ1n) is 10.8. The van der Waals surface area contributed by atoms with Gasteiger partial charge in [0.25, 0.3) is 0 Å². The number of hydrogen-bond acceptors (Lipinski definition) is 4. The number of aliphatic hydroxyl groups excluding tert-OH is 1. The predicted molar refractivity (Wildman–Crippen MR) is 112 cm³/mol. The molecule has 150 valence electrons. The lowest BCUT2D eigenvalue weighted by Gasteiger charge is -2.53. The Balaban J connectivity index is 1.70. The highest BCUT2D eigenvalue weighted by Gasteiger charge is 2.50. The van der Waals surface area contributed by atoms with Gasteiger partial charge >= 0.3 is 0 Å². The van der Waals surface area contributed by atoms with E-state index in [-0.39, 0.29) is 12.0 Å². The molecule has 3 aromatic rings. The third-order valence-electron chi connectivity index (χ3n) is 7.50. The number of nitrogens with zero attached hydrogens (tertiary/aromatic N) is 3. The minimum Gasteiger partial charge on any atom is -0.437 e. The van der Waals surface area contributed by atoms with Crippen molar-refractivity contribution >= 4 is 16.6 Å². The molecule has 0 saturated carbocycles. The fraction of sp³-hybridized carbons (Fsp3) is 0.458. The number of fused-ring (bicyclic) bond motifs is 3. The van der Waals surface area contributed by atoms with E-state index in [1.54, 1.807) is 0 Å². The molecule has 0 unspecified atom stereocenters. The van der Waals surface area contributed by atoms with Gasteiger partial charge in [-0.2, -0.15) is 0 Å². The van der Waals surface area contributed by atoms with Gasteiger partial charge in [0.05, 0.1) is 17.3 Å². The topological polar surface area (TPSA) is 54.4 Å². The first-order chi connectivity index (χ1) is 14.2. The van der Waals surface area contributed by atoms with Crippen LogP contribution in [0.25, 0.3) is 16.6 Å². The van der Waals surface area contributed by atoms with Crippen molar-refractivity contribution in [3.05, 3.63) is 58.9 Å². The van der Waals surface area contributed by atoms with Crippen molar-refractivity contribution < 1.29 is 9.52 Å². The summed E-state index contributed by atoms with van der Waals surface area (Å²) in [4.78, 5) is 7.44. The molecule has 29 heavy (non-hydrogen) atoms. The van der Waals surface area contributed by atoms with Crippen LogP contribution in [0.3, 0.4) is 0 Å². The van der Waals surface area contributed by atoms with Crippen molar-refractivity contribution in [2.75, 3.05) is 13.1 Å². The van der Waals surface area contributed by atoms with Crippen LogP contribution >= 0.6 is 0 Å². The maximum Gasteiger partial charge on any atom is 0.243 e. The molecule has 3 aliphatic rings. The lowest BCUT2D eigenvalue weighted by Crippen LogP contribution is -2.50. The maximum absolute atomic E-state index is 9.66. The molecular weight excluding hydrogens is 362 g/mol. The normalized spacial score (nSPS) is 25.9. The van der Waals surface area contributed by atoms with Crippen LogP contribution in [0.15, 0.2) is 34.8 Å². The van der Waals surface area contributed by atoms with Crippen LogP contribution in [0.4, 0.5) is 0 Å². The molecule has 0 spiro atoms. The van der Waals surface area contributed by atoms with Crippen LogP contribution < -0.4 is 0 Å². The Morgan fingerprint density at radius 2 is 2.14 bits per heavy atom. The first kappa shape index (κ1) is 17.5. The second kappa shape index (κ2) is 6.07. The summed E-state index contributed by atoms with van der Waals surface area (Å²) in [5.41, 5.74) is 6.10. The van der Waals surface area contributed by atoms with Gasteiger partial charge in [0.1, 0.15) is 12.3 Å². The van der Waals surface area contributed by atoms with Crippen LogP contribution in [-0.2, 0) is 13.0 Å². The number of aryl methyl sites for hydroxylation is 1. The van der Waals surface area contributed by atoms with E-state index < -0.39 is 0 Å². The molecule has 1 saturated heterocycles. The molecule has 5 heteroatoms. The number of rotatable bonds is 3. The third kappa shape index (κ3) is 2.20. The Bertz CT molecular complexity index is 1150. The number of benzene rings is 1. The highest BCUT2D eigenvalue weighted by Crippen LogP contribution is 2.57. The molecular formula is C24H27N3O2. The zero-order valence-corrected chi connectivity index (χ0v) is 17.1. The fourth-order valence-electron chi connectivity index (χ4n) is 6.12. The number of hydrogen-bond donors (Lipinski definition) is 1. The van der Waals surface area contributed by atoms with E-state index in [0.717, 1.165) is 30.8 Å². The van der Waals surface area contributed by atoms with Gasteiger partial charge in [-0.1, -0.05) is 25.1 Å². The van der Waals surface area contributed by atoms with Crippen molar-refractivity contribution in [2.45, 2.75) is 52.2 Å². The quantitative estimate of drug-likeness (QED) is 0.720. The highest BCUT2D eigenvalue weighted by molar-refractivity contribution is 5.91. The zero-order valence-electron chi connectivity index (χ0n) is 17.1. The van der Waals surface area contributed by atoms with E-state index in [0.29, 0.717) is 17.7 Å². The monoisotopic (exact) mass is 389 g/mol. The summed E-state index contributed by atoms with van der Waals surface area (Å²) in [5, 5.41) is 11.0. The number of para-hydroxylation sites is 1. The van der Waals surface area contributed by atoms with Crippen LogP contribution in [0.5, 0.6) is 0 Å². The lowest BCUT2D eigenvalue weighted by atomic mass is 9.66. The summed E-state index contributed by atoms with van der Waals surface area (Å²) >= 11 is 0. The number of aliphatic hydroxyl groups is 1. The van der Waals surface area contributed by atoms with Crippen LogP contribution in [0, 0.1) is 12.3 Å². The molecule has 1 aromatic carbocycles. The van der Waals surface area contributed by atoms with Gasteiger partial charge in [0, 0.05) is 23.0 Å². The van der Waals surface area contributed by atoms with Gasteiger partial charge in [0.15, 0.2) is 5.76 Å². The van der Waals surface area contributed by atoms with E-state index in [1.165, 1.54) is 41.5 Å². The summed E-state index contributed by atoms with van der Waals surface area (Å²) in [6, 6.07) is 9.17. The molecule has 5 nitrogen and oxygen atoms in total. The Morgan fingerprint density at radius 3 is 2.93 bits per heavy atom. The zero-order chi connectivity index (χ0) is 19.8. The van der Waals surface area contributed by atoms with E-state index >= 15 is 0 Å². The van der Waals surface area contributed by atoms with Crippen molar-refractivity contribution in [1.29, 1.82) is 0 Å². The van der Waals surface area contributed by atoms with Gasteiger partial charge in [-0.05, 0) is 56.9 Å². The molecule has 1 N–H and O–H groups in total. The van der Waals surface area contributed by atoms with Crippen LogP contribution in [0.1, 0.15) is 60.8 Å². The Morgan fingerprint density at radius 1 is 1.28 bits per heavy atom. The minimum absolute atomic E-state index is 0.106. The molecule has 2 aromatic heterocycles. The number of piperidine rings is 1. The Kier molecular flexibility index (Phi) is 3.66. The van der Waals surface area contributed by atoms with E-state index in [1.807, 2.05) is 6.92 Å². The molecule has 0 amide bonds. The van der Waals surface area contributed by atoms with Crippen LogP contribution in [0.2, 0.25) is 0 Å². The molecule has 6 rings (SSSR count). The standard InChI is InChI=1S/C24H27N3O2/c1-3-24-10-6-11-26-12-9-17-16-7-4-5-8-18(16)27(21(17)22(24)26)19(13-24)23-25-15(2)20(14-28)29-23/h4-5,7-8,13,22,28H,3,6,9-12,14H2,1-2H3/t22-,24+/m1/s1. The molecule has 0 radical (unpaired) electrons. The maximum atomic E-state index is 9.66. The van der Waals surface area contributed by atoms with Crippen molar-refractivity contribution in [1.82, 2.24) is 14.5 Å². The third-order valence-corrected chi connectivity index (χ3v) is 7.50. The summed E-state index contributed by atoms with van der Waals surface area (Å²) in [7, 11) is 0. The SMILES string of the molecule is CC[C@@]12C=C(c3nc(C)c(CO)o3)n3c4c(c5ccccc53)CCN(CCC1)[C@H]42. The summed E-state index contributed by atoms with van der Waals surface area (Å²) in [6.45, 7) is 6.44. The van der Waals surface area contributed by atoms with Gasteiger partial charge in [-0.3, -0.25) is 4.90 Å². The molecule has 0 bridgehead atoms. The van der Waals surface area contributed by atoms with Gasteiger partial charge in [-0.15, -0.1) is 0 Å². The minimum atomic E-state index is -0.119. The molecule has 3 aliphatic heterocycles. The lowest BCUT2D eigenvalue weighted by molar-refractivity contribution is 0.0269. The summed E-state index contributed by atoms with van der Waals surface area (Å²) in [5.74, 6) is 1.19. The number of oxazole rings is 1. The van der Waals surface area contributed by atoms with E-state index in [9.17, 15) is 5.11 Å². The Labute approximate surface area is 170 Å². The van der Waals surface area contributed by atoms with Gasteiger partial charge in [0.2, 0.25) is 5.89 Å². The average Bonchev–Trinajstić information content (AvgIpc) is 3.30. The highest BCUT2D eigenvalue weighted by atomic mass is 16.4. The molecule has 2 atom stereocenters. The van der Waals surface area contributed by atoms with Crippen molar-refractivity contribution in [3.8, 4) is 0 Å². The van der Waals surface area contributed by atoms with Crippen molar-refractivity contribution in [2.24, 2.45) is 5.41 Å². The largest absolute Gasteiger partial charge is 0.437 e. The Hall–Kier alpha value is -2.37. The smallest absolute Gasteiger partial charge is 0.243 e. The molecule has 5 heterocycles. The van der Waals surface area contributed by atoms with Crippen LogP contribution in [-0.4, -0.2) is 32.6 Å². The average molecular weight is 389 g/mol. The fourth-order valence-corrected chi connectivity index (χ4v) is 6.12. The van der Waals surface area contributed by atoms with E-state index in [2.05, 4.69) is 46.7 Å². The number of aromatic nitrogens is 2. The van der Waals surface area contributed by atoms with Gasteiger partial charge < -0.3 is 14.1 Å². The predicted octanol–water partition coefficient (Wildman–Crippen LogP) is 4.42. The second-order valence-corrected chi connectivity index (χ2v) is 8.81. The summed E-state index contributed by atoms with van der Waals surface area (Å²) < 4.78 is 8.48. The summed E-state index contributed by atoms with van der Waals surface area (Å²) in [6.07, 6.45) is 7.08. The van der Waals surface area contributed by atoms with E-state index in [4.69, 9.17) is 9.40 Å². The first-order valence-corrected chi connectivity index (χ1v) is 10.8. The second-order valence-electron chi connectivity index (χ2n) is 8.81.